The van der Waals surface area contributed by atoms with E-state index in [0.717, 1.165) is 13.1 Å². The second kappa shape index (κ2) is 6.59. The van der Waals surface area contributed by atoms with Crippen LogP contribution < -0.4 is 5.73 Å². The monoisotopic (exact) mass is 241 g/mol. The van der Waals surface area contributed by atoms with Gasteiger partial charge >= 0.3 is 0 Å². The highest BCUT2D eigenvalue weighted by Gasteiger charge is 2.28. The molecule has 1 aliphatic rings. The topological polar surface area (TPSA) is 66.6 Å². The zero-order valence-electron chi connectivity index (χ0n) is 10.8. The van der Waals surface area contributed by atoms with Crippen molar-refractivity contribution in [2.24, 2.45) is 11.7 Å². The van der Waals surface area contributed by atoms with Crippen LogP contribution >= 0.6 is 0 Å². The van der Waals surface area contributed by atoms with Gasteiger partial charge in [0.1, 0.15) is 0 Å². The summed E-state index contributed by atoms with van der Waals surface area (Å²) in [6.07, 6.45) is 0.959. The van der Waals surface area contributed by atoms with Gasteiger partial charge in [-0.05, 0) is 26.3 Å². The van der Waals surface area contributed by atoms with E-state index >= 15 is 0 Å². The van der Waals surface area contributed by atoms with Crippen molar-refractivity contribution in [3.63, 3.8) is 0 Å². The lowest BCUT2D eigenvalue weighted by Gasteiger charge is -2.21. The second-order valence-electron chi connectivity index (χ2n) is 4.46. The van der Waals surface area contributed by atoms with Gasteiger partial charge in [0.2, 0.25) is 11.8 Å². The van der Waals surface area contributed by atoms with Gasteiger partial charge in [0.15, 0.2) is 0 Å². The number of amides is 2. The summed E-state index contributed by atoms with van der Waals surface area (Å²) in [7, 11) is 0. The minimum absolute atomic E-state index is 0.124. The molecule has 5 heteroatoms. The number of hydrogen-bond donors (Lipinski definition) is 1. The Morgan fingerprint density at radius 1 is 1.47 bits per heavy atom. The molecule has 0 aromatic rings. The number of likely N-dealkylation sites (tertiary alicyclic amines) is 1. The molecule has 2 N–H and O–H groups in total. The molecule has 1 saturated heterocycles. The Kier molecular flexibility index (Phi) is 5.41. The van der Waals surface area contributed by atoms with E-state index in [0.29, 0.717) is 32.5 Å². The molecular formula is C12H23N3O2. The molecule has 1 heterocycles. The highest BCUT2D eigenvalue weighted by molar-refractivity contribution is 5.80. The first kappa shape index (κ1) is 14.0. The van der Waals surface area contributed by atoms with E-state index in [-0.39, 0.29) is 17.7 Å². The maximum Gasteiger partial charge on any atom is 0.224 e. The largest absolute Gasteiger partial charge is 0.343 e. The zero-order valence-corrected chi connectivity index (χ0v) is 10.8. The molecule has 1 aliphatic heterocycles. The fourth-order valence-corrected chi connectivity index (χ4v) is 2.19. The molecule has 0 aromatic carbocycles. The molecule has 1 rings (SSSR count). The molecular weight excluding hydrogens is 218 g/mol. The van der Waals surface area contributed by atoms with Gasteiger partial charge in [0, 0.05) is 39.0 Å². The summed E-state index contributed by atoms with van der Waals surface area (Å²) in [6.45, 7) is 7.18. The lowest BCUT2D eigenvalue weighted by atomic mass is 10.1. The summed E-state index contributed by atoms with van der Waals surface area (Å²) in [5.74, 6) is 0.526. The van der Waals surface area contributed by atoms with E-state index in [1.165, 1.54) is 0 Å². The molecule has 0 aliphatic carbocycles. The third kappa shape index (κ3) is 3.70. The Bertz CT molecular complexity index is 277. The molecule has 2 amide bonds. The number of carbonyl (C=O) groups is 2. The molecule has 0 bridgehead atoms. The predicted octanol–water partition coefficient (Wildman–Crippen LogP) is 0.0521. The molecule has 1 fully saturated rings. The summed E-state index contributed by atoms with van der Waals surface area (Å²) in [6, 6.07) is 0. The molecule has 98 valence electrons. The van der Waals surface area contributed by atoms with Crippen molar-refractivity contribution in [1.82, 2.24) is 9.80 Å². The van der Waals surface area contributed by atoms with Crippen molar-refractivity contribution in [3.05, 3.63) is 0 Å². The molecule has 1 unspecified atom stereocenters. The number of nitrogens with two attached hydrogens (primary N) is 1. The smallest absolute Gasteiger partial charge is 0.224 e. The summed E-state index contributed by atoms with van der Waals surface area (Å²) in [5, 5.41) is 0. The normalized spacial score (nSPS) is 19.8. The summed E-state index contributed by atoms with van der Waals surface area (Å²) in [5.41, 5.74) is 5.55. The summed E-state index contributed by atoms with van der Waals surface area (Å²) in [4.78, 5) is 26.9. The van der Waals surface area contributed by atoms with Crippen LogP contribution in [0.25, 0.3) is 0 Å². The molecule has 1 atom stereocenters. The average Bonchev–Trinajstić information content (AvgIpc) is 2.69. The van der Waals surface area contributed by atoms with E-state index < -0.39 is 0 Å². The fraction of sp³-hybridized carbons (Fsp3) is 0.833. The predicted molar refractivity (Wildman–Crippen MR) is 66.3 cm³/mol. The van der Waals surface area contributed by atoms with Gasteiger partial charge in [-0.3, -0.25) is 9.59 Å². The quantitative estimate of drug-likeness (QED) is 0.714. The van der Waals surface area contributed by atoms with Gasteiger partial charge < -0.3 is 15.5 Å². The Labute approximate surface area is 103 Å². The molecule has 0 spiro atoms. The summed E-state index contributed by atoms with van der Waals surface area (Å²) < 4.78 is 0. The Morgan fingerprint density at radius 3 is 2.59 bits per heavy atom. The standard InChI is InChI=1S/C12H23N3O2/c1-3-14(4-2)11(16)5-6-15-9-10(8-13)7-12(15)17/h10H,3-9,13H2,1-2H3. The van der Waals surface area contributed by atoms with Crippen molar-refractivity contribution in [3.8, 4) is 0 Å². The molecule has 0 saturated carbocycles. The first-order valence-corrected chi connectivity index (χ1v) is 6.37. The van der Waals surface area contributed by atoms with Gasteiger partial charge in [-0.1, -0.05) is 0 Å². The first-order chi connectivity index (χ1) is 8.12. The van der Waals surface area contributed by atoms with Crippen molar-refractivity contribution in [2.45, 2.75) is 26.7 Å². The SMILES string of the molecule is CCN(CC)C(=O)CCN1CC(CN)CC1=O. The van der Waals surface area contributed by atoms with Gasteiger partial charge in [0.25, 0.3) is 0 Å². The van der Waals surface area contributed by atoms with Crippen LogP contribution in [0.3, 0.4) is 0 Å². The lowest BCUT2D eigenvalue weighted by Crippen LogP contribution is -2.35. The summed E-state index contributed by atoms with van der Waals surface area (Å²) >= 11 is 0. The molecule has 0 radical (unpaired) electrons. The van der Waals surface area contributed by atoms with Crippen LogP contribution in [0.1, 0.15) is 26.7 Å². The highest BCUT2D eigenvalue weighted by atomic mass is 16.2. The van der Waals surface area contributed by atoms with Crippen molar-refractivity contribution < 1.29 is 9.59 Å². The van der Waals surface area contributed by atoms with Gasteiger partial charge in [-0.25, -0.2) is 0 Å². The number of rotatable bonds is 6. The maximum absolute atomic E-state index is 11.8. The average molecular weight is 241 g/mol. The zero-order chi connectivity index (χ0) is 12.8. The first-order valence-electron chi connectivity index (χ1n) is 6.37. The number of carbonyl (C=O) groups excluding carboxylic acids is 2. The minimum Gasteiger partial charge on any atom is -0.343 e. The highest BCUT2D eigenvalue weighted by Crippen LogP contribution is 2.16. The Balaban J connectivity index is 2.36. The van der Waals surface area contributed by atoms with Crippen molar-refractivity contribution >= 4 is 11.8 Å². The van der Waals surface area contributed by atoms with Crippen molar-refractivity contribution in [2.75, 3.05) is 32.7 Å². The number of nitrogens with zero attached hydrogens (tertiary/aromatic N) is 2. The van der Waals surface area contributed by atoms with E-state index in [1.807, 2.05) is 13.8 Å². The maximum atomic E-state index is 11.8. The number of hydrogen-bond acceptors (Lipinski definition) is 3. The van der Waals surface area contributed by atoms with Crippen LogP contribution in [-0.2, 0) is 9.59 Å². The van der Waals surface area contributed by atoms with Crippen LogP contribution in [0.15, 0.2) is 0 Å². The molecule has 5 nitrogen and oxygen atoms in total. The Morgan fingerprint density at radius 2 is 2.12 bits per heavy atom. The fourth-order valence-electron chi connectivity index (χ4n) is 2.19. The van der Waals surface area contributed by atoms with Gasteiger partial charge in [-0.2, -0.15) is 0 Å². The third-order valence-electron chi connectivity index (χ3n) is 3.34. The van der Waals surface area contributed by atoms with E-state index in [9.17, 15) is 9.59 Å². The second-order valence-corrected chi connectivity index (χ2v) is 4.46. The lowest BCUT2D eigenvalue weighted by molar-refractivity contribution is -0.132. The van der Waals surface area contributed by atoms with Crippen LogP contribution in [0.5, 0.6) is 0 Å². The Hall–Kier alpha value is -1.10. The van der Waals surface area contributed by atoms with E-state index in [2.05, 4.69) is 0 Å². The van der Waals surface area contributed by atoms with E-state index in [4.69, 9.17) is 5.73 Å². The molecule has 0 aromatic heterocycles. The van der Waals surface area contributed by atoms with Gasteiger partial charge in [0.05, 0.1) is 0 Å². The van der Waals surface area contributed by atoms with Crippen LogP contribution in [0, 0.1) is 5.92 Å². The van der Waals surface area contributed by atoms with Crippen LogP contribution in [0.2, 0.25) is 0 Å². The van der Waals surface area contributed by atoms with E-state index in [1.54, 1.807) is 9.80 Å². The van der Waals surface area contributed by atoms with Crippen LogP contribution in [-0.4, -0.2) is 54.3 Å². The van der Waals surface area contributed by atoms with Crippen molar-refractivity contribution in [1.29, 1.82) is 0 Å². The minimum atomic E-state index is 0.124. The molecule has 17 heavy (non-hydrogen) atoms. The third-order valence-corrected chi connectivity index (χ3v) is 3.34. The van der Waals surface area contributed by atoms with Gasteiger partial charge in [-0.15, -0.1) is 0 Å². The van der Waals surface area contributed by atoms with Crippen LogP contribution in [0.4, 0.5) is 0 Å².